The van der Waals surface area contributed by atoms with Crippen LogP contribution >= 0.6 is 0 Å². The number of allylic oxidation sites excluding steroid dienone is 4. The number of anilines is 2. The van der Waals surface area contributed by atoms with Gasteiger partial charge in [-0.25, -0.2) is 4.79 Å². The lowest BCUT2D eigenvalue weighted by Crippen LogP contribution is -2.41. The molecule has 2 aromatic carbocycles. The summed E-state index contributed by atoms with van der Waals surface area (Å²) < 4.78 is 11.4. The Hall–Kier alpha value is -4.99. The molecule has 2 heterocycles. The smallest absolute Gasteiger partial charge is 0.324 e. The third-order valence-electron chi connectivity index (χ3n) is 7.24. The number of amides is 4. The van der Waals surface area contributed by atoms with Crippen molar-refractivity contribution in [2.24, 2.45) is 0 Å². The zero-order valence-electron chi connectivity index (χ0n) is 23.4. The number of nitrogens with zero attached hydrogens (tertiary/aromatic N) is 2. The van der Waals surface area contributed by atoms with Crippen molar-refractivity contribution in [1.82, 2.24) is 15.1 Å². The molecule has 0 radical (unpaired) electrons. The number of hydrogen-bond donors (Lipinski definition) is 3. The maximum absolute atomic E-state index is 13.4. The number of hydrogen-bond acceptors (Lipinski definition) is 6. The van der Waals surface area contributed by atoms with E-state index in [1.165, 1.54) is 12.5 Å². The average Bonchev–Trinajstić information content (AvgIpc) is 3.43. The van der Waals surface area contributed by atoms with Crippen LogP contribution in [0.2, 0.25) is 0 Å². The van der Waals surface area contributed by atoms with Crippen molar-refractivity contribution < 1.29 is 23.9 Å². The first-order valence-corrected chi connectivity index (χ1v) is 14.1. The van der Waals surface area contributed by atoms with Crippen LogP contribution in [0.1, 0.15) is 48.0 Å². The molecule has 1 saturated heterocycles. The summed E-state index contributed by atoms with van der Waals surface area (Å²) in [5.74, 6) is 0.626. The molecular formula is C32H35N5O5. The molecular weight excluding hydrogens is 534 g/mol. The number of ether oxygens (including phenoxy) is 2. The summed E-state index contributed by atoms with van der Waals surface area (Å²) in [4.78, 5) is 41.7. The van der Waals surface area contributed by atoms with Crippen LogP contribution in [-0.2, 0) is 20.8 Å². The van der Waals surface area contributed by atoms with Crippen LogP contribution in [0.3, 0.4) is 0 Å². The van der Waals surface area contributed by atoms with Crippen molar-refractivity contribution in [3.63, 3.8) is 0 Å². The second kappa shape index (κ2) is 13.6. The van der Waals surface area contributed by atoms with Crippen LogP contribution in [0.5, 0.6) is 0 Å². The molecule has 0 atom stereocenters. The normalized spacial score (nSPS) is 16.0. The van der Waals surface area contributed by atoms with E-state index in [4.69, 9.17) is 15.2 Å². The Balaban J connectivity index is 1.23. The summed E-state index contributed by atoms with van der Waals surface area (Å²) in [6, 6.07) is 13.8. The second-order valence-corrected chi connectivity index (χ2v) is 10.3. The van der Waals surface area contributed by atoms with Crippen LogP contribution in [0.15, 0.2) is 96.5 Å². The van der Waals surface area contributed by atoms with E-state index in [1.54, 1.807) is 41.3 Å². The standard InChI is InChI=1S/C32H35N5O5/c33-26-10-4-5-11-27(26)34-31(39)25-15-13-23(14-16-25)20-37(19-7-18-36-17-6-12-30(36)38)32(40)35-29-22-41-21-28(42-29)24-8-2-1-3-9-24/h1-2,4-5,8,10-11,13-16,21-22H,3,6-7,9,12,17-20,33H2,(H,34,39)(H,35,40). The third kappa shape index (κ3) is 7.39. The van der Waals surface area contributed by atoms with Crippen LogP contribution in [0.25, 0.3) is 0 Å². The minimum atomic E-state index is -0.363. The molecule has 0 spiro atoms. The summed E-state index contributed by atoms with van der Waals surface area (Å²) in [5.41, 5.74) is 9.27. The van der Waals surface area contributed by atoms with E-state index in [0.717, 1.165) is 36.9 Å². The third-order valence-corrected chi connectivity index (χ3v) is 7.24. The van der Waals surface area contributed by atoms with Gasteiger partial charge in [0.25, 0.3) is 5.91 Å². The Morgan fingerprint density at radius 2 is 1.86 bits per heavy atom. The number of para-hydroxylation sites is 2. The molecule has 5 rings (SSSR count). The number of rotatable bonds is 10. The number of carbonyl (C=O) groups is 3. The van der Waals surface area contributed by atoms with E-state index in [9.17, 15) is 14.4 Å². The molecule has 0 aromatic heterocycles. The van der Waals surface area contributed by atoms with Gasteiger partial charge in [0.05, 0.1) is 11.4 Å². The second-order valence-electron chi connectivity index (χ2n) is 10.3. The van der Waals surface area contributed by atoms with Gasteiger partial charge in [-0.3, -0.25) is 14.9 Å². The molecule has 2 aromatic rings. The van der Waals surface area contributed by atoms with Crippen molar-refractivity contribution >= 4 is 29.2 Å². The minimum absolute atomic E-state index is 0.154. The Morgan fingerprint density at radius 1 is 1.02 bits per heavy atom. The van der Waals surface area contributed by atoms with Crippen molar-refractivity contribution in [2.75, 3.05) is 30.7 Å². The number of urea groups is 1. The lowest BCUT2D eigenvalue weighted by atomic mass is 10.0. The van der Waals surface area contributed by atoms with E-state index < -0.39 is 0 Å². The average molecular weight is 570 g/mol. The summed E-state index contributed by atoms with van der Waals surface area (Å²) in [6.45, 7) is 2.04. The maximum atomic E-state index is 13.4. The number of carbonyl (C=O) groups excluding carboxylic acids is 3. The molecule has 2 aliphatic heterocycles. The van der Waals surface area contributed by atoms with Crippen LogP contribution in [0, 0.1) is 0 Å². The van der Waals surface area contributed by atoms with E-state index in [2.05, 4.69) is 16.7 Å². The highest BCUT2D eigenvalue weighted by Crippen LogP contribution is 2.25. The van der Waals surface area contributed by atoms with Crippen molar-refractivity contribution in [2.45, 2.75) is 38.6 Å². The van der Waals surface area contributed by atoms with Gasteiger partial charge in [-0.1, -0.05) is 42.5 Å². The summed E-state index contributed by atoms with van der Waals surface area (Å²) in [6.07, 6.45) is 12.7. The Kier molecular flexibility index (Phi) is 9.23. The Labute approximate surface area is 245 Å². The topological polar surface area (TPSA) is 126 Å². The van der Waals surface area contributed by atoms with E-state index in [0.29, 0.717) is 55.2 Å². The number of nitrogen functional groups attached to an aromatic ring is 1. The van der Waals surface area contributed by atoms with Gasteiger partial charge in [0.1, 0.15) is 6.26 Å². The van der Waals surface area contributed by atoms with Gasteiger partial charge >= 0.3 is 6.03 Å². The quantitative estimate of drug-likeness (QED) is 0.346. The van der Waals surface area contributed by atoms with E-state index >= 15 is 0 Å². The van der Waals surface area contributed by atoms with Gasteiger partial charge in [-0.15, -0.1) is 0 Å². The van der Waals surface area contributed by atoms with Crippen molar-refractivity contribution in [3.05, 3.63) is 108 Å². The van der Waals surface area contributed by atoms with Gasteiger partial charge in [-0.2, -0.15) is 0 Å². The molecule has 4 amide bonds. The number of benzene rings is 2. The fraction of sp³-hybridized carbons (Fsp3) is 0.281. The highest BCUT2D eigenvalue weighted by Gasteiger charge is 2.23. The number of nitrogens with two attached hydrogens (primary N) is 1. The zero-order valence-corrected chi connectivity index (χ0v) is 23.4. The number of nitrogens with one attached hydrogen (secondary N) is 2. The van der Waals surface area contributed by atoms with Gasteiger partial charge in [-0.05, 0) is 61.1 Å². The van der Waals surface area contributed by atoms with Crippen LogP contribution < -0.4 is 16.4 Å². The first-order valence-electron chi connectivity index (χ1n) is 14.1. The SMILES string of the molecule is Nc1ccccc1NC(=O)c1ccc(CN(CCCN2CCCC2=O)C(=O)NC2=COC=C(C3=CC=CCC3)O2)cc1. The Bertz CT molecular complexity index is 1440. The van der Waals surface area contributed by atoms with Gasteiger partial charge in [0.15, 0.2) is 12.0 Å². The first-order chi connectivity index (χ1) is 20.5. The van der Waals surface area contributed by atoms with Gasteiger partial charge < -0.3 is 30.3 Å². The zero-order chi connectivity index (χ0) is 29.3. The predicted octanol–water partition coefficient (Wildman–Crippen LogP) is 5.01. The lowest BCUT2D eigenvalue weighted by Gasteiger charge is -2.26. The summed E-state index contributed by atoms with van der Waals surface area (Å²) in [5, 5.41) is 5.64. The molecule has 1 aliphatic carbocycles. The fourth-order valence-corrected chi connectivity index (χ4v) is 4.95. The fourth-order valence-electron chi connectivity index (χ4n) is 4.95. The first kappa shape index (κ1) is 28.5. The highest BCUT2D eigenvalue weighted by atomic mass is 16.6. The Morgan fingerprint density at radius 3 is 2.60 bits per heavy atom. The summed E-state index contributed by atoms with van der Waals surface area (Å²) >= 11 is 0. The predicted molar refractivity (Wildman–Crippen MR) is 159 cm³/mol. The molecule has 1 fully saturated rings. The molecule has 42 heavy (non-hydrogen) atoms. The van der Waals surface area contributed by atoms with E-state index in [-0.39, 0.29) is 23.7 Å². The molecule has 0 saturated carbocycles. The molecule has 10 nitrogen and oxygen atoms in total. The minimum Gasteiger partial charge on any atom is -0.463 e. The monoisotopic (exact) mass is 569 g/mol. The molecule has 10 heteroatoms. The summed E-state index contributed by atoms with van der Waals surface area (Å²) in [7, 11) is 0. The molecule has 218 valence electrons. The number of likely N-dealkylation sites (tertiary alicyclic amines) is 1. The van der Waals surface area contributed by atoms with Crippen molar-refractivity contribution in [1.29, 1.82) is 0 Å². The molecule has 0 unspecified atom stereocenters. The van der Waals surface area contributed by atoms with Gasteiger partial charge in [0.2, 0.25) is 11.8 Å². The van der Waals surface area contributed by atoms with Crippen LogP contribution in [-0.4, -0.2) is 47.3 Å². The highest BCUT2D eigenvalue weighted by molar-refractivity contribution is 6.05. The molecule has 0 bridgehead atoms. The molecule has 4 N–H and O–H groups in total. The van der Waals surface area contributed by atoms with Gasteiger partial charge in [0, 0.05) is 38.2 Å². The molecule has 3 aliphatic rings. The van der Waals surface area contributed by atoms with E-state index in [1.807, 2.05) is 29.2 Å². The maximum Gasteiger partial charge on any atom is 0.324 e. The van der Waals surface area contributed by atoms with Crippen LogP contribution in [0.4, 0.5) is 16.2 Å². The lowest BCUT2D eigenvalue weighted by molar-refractivity contribution is -0.127. The largest absolute Gasteiger partial charge is 0.463 e. The van der Waals surface area contributed by atoms with Crippen molar-refractivity contribution in [3.8, 4) is 0 Å².